The average Bonchev–Trinajstić information content (AvgIpc) is 2.63. The van der Waals surface area contributed by atoms with Crippen molar-refractivity contribution in [2.75, 3.05) is 19.7 Å². The summed E-state index contributed by atoms with van der Waals surface area (Å²) in [5.41, 5.74) is 0.897. The first-order chi connectivity index (χ1) is 12.7. The number of benzene rings is 2. The Bertz CT molecular complexity index is 924. The van der Waals surface area contributed by atoms with E-state index in [1.807, 2.05) is 36.4 Å². The summed E-state index contributed by atoms with van der Waals surface area (Å²) in [5, 5.41) is 1.71. The first-order valence-electron chi connectivity index (χ1n) is 8.36. The maximum atomic E-state index is 12.1. The standard InChI is InChI=1S/C20H17ClN2O3/c21-15-6-8-16(9-7-15)25-13-20(24)23-11-17(12-23)26-19-10-5-14-3-1-2-4-18(14)22-19/h1-10,17H,11-13H2. The second-order valence-corrected chi connectivity index (χ2v) is 6.56. The zero-order valence-electron chi connectivity index (χ0n) is 14.0. The minimum absolute atomic E-state index is 0.00256. The molecule has 0 saturated carbocycles. The van der Waals surface area contributed by atoms with Gasteiger partial charge in [0.1, 0.15) is 11.9 Å². The topological polar surface area (TPSA) is 51.7 Å². The van der Waals surface area contributed by atoms with Gasteiger partial charge in [0.2, 0.25) is 5.88 Å². The van der Waals surface area contributed by atoms with Gasteiger partial charge in [0.15, 0.2) is 6.61 Å². The number of pyridine rings is 1. The predicted octanol–water partition coefficient (Wildman–Crippen LogP) is 3.56. The van der Waals surface area contributed by atoms with Gasteiger partial charge in [-0.25, -0.2) is 4.98 Å². The van der Waals surface area contributed by atoms with Crippen LogP contribution in [-0.4, -0.2) is 41.6 Å². The van der Waals surface area contributed by atoms with Crippen LogP contribution in [0.2, 0.25) is 5.02 Å². The Morgan fingerprint density at radius 1 is 1.08 bits per heavy atom. The molecule has 4 rings (SSSR count). The van der Waals surface area contributed by atoms with Crippen molar-refractivity contribution in [3.63, 3.8) is 0 Å². The normalized spacial score (nSPS) is 14.1. The van der Waals surface area contributed by atoms with E-state index in [2.05, 4.69) is 4.98 Å². The van der Waals surface area contributed by atoms with Gasteiger partial charge in [-0.3, -0.25) is 4.79 Å². The number of hydrogen-bond donors (Lipinski definition) is 0. The number of nitrogens with zero attached hydrogens (tertiary/aromatic N) is 2. The fraction of sp³-hybridized carbons (Fsp3) is 0.200. The van der Waals surface area contributed by atoms with E-state index in [0.29, 0.717) is 29.7 Å². The molecule has 5 nitrogen and oxygen atoms in total. The molecular weight excluding hydrogens is 352 g/mol. The van der Waals surface area contributed by atoms with Gasteiger partial charge in [0.05, 0.1) is 18.6 Å². The Hall–Kier alpha value is -2.79. The van der Waals surface area contributed by atoms with Gasteiger partial charge in [-0.2, -0.15) is 0 Å². The van der Waals surface area contributed by atoms with Gasteiger partial charge in [0.25, 0.3) is 5.91 Å². The third kappa shape index (κ3) is 3.73. The maximum Gasteiger partial charge on any atom is 0.260 e. The van der Waals surface area contributed by atoms with Crippen molar-refractivity contribution in [3.8, 4) is 11.6 Å². The number of likely N-dealkylation sites (tertiary alicyclic amines) is 1. The summed E-state index contributed by atoms with van der Waals surface area (Å²) in [6.07, 6.45) is -0.0388. The van der Waals surface area contributed by atoms with Crippen LogP contribution in [0.1, 0.15) is 0 Å². The number of rotatable bonds is 5. The SMILES string of the molecule is O=C(COc1ccc(Cl)cc1)N1CC(Oc2ccc3ccccc3n2)C1. The lowest BCUT2D eigenvalue weighted by molar-refractivity contribution is -0.142. The molecule has 0 spiro atoms. The number of hydrogen-bond acceptors (Lipinski definition) is 4. The van der Waals surface area contributed by atoms with Crippen LogP contribution in [0.5, 0.6) is 11.6 Å². The molecular formula is C20H17ClN2O3. The summed E-state index contributed by atoms with van der Waals surface area (Å²) in [7, 11) is 0. The van der Waals surface area contributed by atoms with E-state index in [9.17, 15) is 4.79 Å². The summed E-state index contributed by atoms with van der Waals surface area (Å²) >= 11 is 5.82. The van der Waals surface area contributed by atoms with Crippen LogP contribution in [0.4, 0.5) is 0 Å². The van der Waals surface area contributed by atoms with Crippen LogP contribution in [0.15, 0.2) is 60.7 Å². The minimum Gasteiger partial charge on any atom is -0.484 e. The average molecular weight is 369 g/mol. The van der Waals surface area contributed by atoms with Gasteiger partial charge in [-0.15, -0.1) is 0 Å². The van der Waals surface area contributed by atoms with Gasteiger partial charge in [0, 0.05) is 16.5 Å². The molecule has 0 N–H and O–H groups in total. The van der Waals surface area contributed by atoms with Crippen molar-refractivity contribution in [1.29, 1.82) is 0 Å². The second-order valence-electron chi connectivity index (χ2n) is 6.12. The summed E-state index contributed by atoms with van der Waals surface area (Å²) in [6.45, 7) is 1.08. The van der Waals surface area contributed by atoms with Crippen LogP contribution in [-0.2, 0) is 4.79 Å². The molecule has 0 atom stereocenters. The minimum atomic E-state index is -0.0636. The third-order valence-corrected chi connectivity index (χ3v) is 4.49. The van der Waals surface area contributed by atoms with Crippen molar-refractivity contribution in [2.45, 2.75) is 6.10 Å². The first kappa shape index (κ1) is 16.7. The zero-order valence-corrected chi connectivity index (χ0v) is 14.7. The van der Waals surface area contributed by atoms with E-state index in [1.54, 1.807) is 29.2 Å². The number of carbonyl (C=O) groups excluding carboxylic acids is 1. The monoisotopic (exact) mass is 368 g/mol. The lowest BCUT2D eigenvalue weighted by Crippen LogP contribution is -2.57. The Kier molecular flexibility index (Phi) is 4.63. The van der Waals surface area contributed by atoms with Crippen molar-refractivity contribution in [2.24, 2.45) is 0 Å². The van der Waals surface area contributed by atoms with Crippen LogP contribution in [0.25, 0.3) is 10.9 Å². The fourth-order valence-electron chi connectivity index (χ4n) is 2.77. The van der Waals surface area contributed by atoms with Gasteiger partial charge >= 0.3 is 0 Å². The number of halogens is 1. The molecule has 2 heterocycles. The summed E-state index contributed by atoms with van der Waals surface area (Å²) in [5.74, 6) is 1.14. The Morgan fingerprint density at radius 2 is 1.85 bits per heavy atom. The van der Waals surface area contributed by atoms with Crippen LogP contribution < -0.4 is 9.47 Å². The molecule has 0 bridgehead atoms. The highest BCUT2D eigenvalue weighted by Gasteiger charge is 2.32. The highest BCUT2D eigenvalue weighted by molar-refractivity contribution is 6.30. The molecule has 1 aliphatic rings. The van der Waals surface area contributed by atoms with E-state index in [0.717, 1.165) is 10.9 Å². The quantitative estimate of drug-likeness (QED) is 0.691. The third-order valence-electron chi connectivity index (χ3n) is 4.24. The van der Waals surface area contributed by atoms with Gasteiger partial charge in [-0.1, -0.05) is 29.8 Å². The van der Waals surface area contributed by atoms with Gasteiger partial charge < -0.3 is 14.4 Å². The van der Waals surface area contributed by atoms with Crippen LogP contribution >= 0.6 is 11.6 Å². The molecule has 1 amide bonds. The van der Waals surface area contributed by atoms with Crippen molar-refractivity contribution in [3.05, 3.63) is 65.7 Å². The molecule has 0 aliphatic carbocycles. The molecule has 0 unspecified atom stereocenters. The molecule has 1 aliphatic heterocycles. The molecule has 132 valence electrons. The van der Waals surface area contributed by atoms with E-state index >= 15 is 0 Å². The molecule has 26 heavy (non-hydrogen) atoms. The lowest BCUT2D eigenvalue weighted by atomic mass is 10.1. The number of ether oxygens (including phenoxy) is 2. The largest absolute Gasteiger partial charge is 0.484 e. The Morgan fingerprint density at radius 3 is 2.65 bits per heavy atom. The number of fused-ring (bicyclic) bond motifs is 1. The first-order valence-corrected chi connectivity index (χ1v) is 8.74. The predicted molar refractivity (Wildman–Crippen MR) is 99.7 cm³/mol. The molecule has 1 aromatic heterocycles. The zero-order chi connectivity index (χ0) is 17.9. The lowest BCUT2D eigenvalue weighted by Gasteiger charge is -2.38. The summed E-state index contributed by atoms with van der Waals surface area (Å²) in [4.78, 5) is 18.3. The van der Waals surface area contributed by atoms with E-state index < -0.39 is 0 Å². The van der Waals surface area contributed by atoms with Crippen molar-refractivity contribution < 1.29 is 14.3 Å². The Balaban J connectivity index is 1.26. The Labute approximate surface area is 156 Å². The van der Waals surface area contributed by atoms with Crippen LogP contribution in [0, 0.1) is 0 Å². The summed E-state index contributed by atoms with van der Waals surface area (Å²) in [6, 6.07) is 18.7. The number of amides is 1. The second kappa shape index (κ2) is 7.22. The van der Waals surface area contributed by atoms with Crippen molar-refractivity contribution >= 4 is 28.4 Å². The van der Waals surface area contributed by atoms with Crippen LogP contribution in [0.3, 0.4) is 0 Å². The highest BCUT2D eigenvalue weighted by atomic mass is 35.5. The van der Waals surface area contributed by atoms with Gasteiger partial charge in [-0.05, 0) is 36.4 Å². The molecule has 1 saturated heterocycles. The number of para-hydroxylation sites is 1. The summed E-state index contributed by atoms with van der Waals surface area (Å²) < 4.78 is 11.3. The molecule has 1 fully saturated rings. The molecule has 3 aromatic rings. The van der Waals surface area contributed by atoms with Crippen molar-refractivity contribution in [1.82, 2.24) is 9.88 Å². The molecule has 2 aromatic carbocycles. The maximum absolute atomic E-state index is 12.1. The molecule has 6 heteroatoms. The number of carbonyl (C=O) groups is 1. The number of aromatic nitrogens is 1. The van der Waals surface area contributed by atoms with E-state index in [-0.39, 0.29) is 18.6 Å². The van der Waals surface area contributed by atoms with E-state index in [4.69, 9.17) is 21.1 Å². The fourth-order valence-corrected chi connectivity index (χ4v) is 2.89. The van der Waals surface area contributed by atoms with E-state index in [1.165, 1.54) is 0 Å². The smallest absolute Gasteiger partial charge is 0.260 e. The highest BCUT2D eigenvalue weighted by Crippen LogP contribution is 2.21. The molecule has 0 radical (unpaired) electrons.